The Morgan fingerprint density at radius 3 is 2.60 bits per heavy atom. The molecule has 112 valence electrons. The van der Waals surface area contributed by atoms with Crippen LogP contribution in [0.2, 0.25) is 0 Å². The lowest BCUT2D eigenvalue weighted by atomic mass is 10.0. The fraction of sp³-hybridized carbons (Fsp3) is 0.533. The molecule has 5 heteroatoms. The van der Waals surface area contributed by atoms with Crippen molar-refractivity contribution >= 4 is 5.97 Å². The summed E-state index contributed by atoms with van der Waals surface area (Å²) in [4.78, 5) is 12.8. The van der Waals surface area contributed by atoms with Crippen molar-refractivity contribution in [1.29, 1.82) is 0 Å². The molecule has 0 aliphatic carbocycles. The quantitative estimate of drug-likeness (QED) is 0.790. The van der Waals surface area contributed by atoms with Crippen molar-refractivity contribution in [2.45, 2.75) is 31.9 Å². The average Bonchev–Trinajstić information content (AvgIpc) is 2.38. The number of likely N-dealkylation sites (N-methyl/N-ethyl adjacent to an activating group) is 1. The van der Waals surface area contributed by atoms with E-state index in [1.54, 1.807) is 14.2 Å². The third-order valence-electron chi connectivity index (χ3n) is 3.48. The van der Waals surface area contributed by atoms with Crippen molar-refractivity contribution < 1.29 is 19.7 Å². The van der Waals surface area contributed by atoms with Gasteiger partial charge < -0.3 is 14.9 Å². The van der Waals surface area contributed by atoms with Crippen LogP contribution in [0.5, 0.6) is 5.75 Å². The minimum Gasteiger partial charge on any atom is -0.496 e. The van der Waals surface area contributed by atoms with Crippen molar-refractivity contribution in [3.63, 3.8) is 0 Å². The smallest absolute Gasteiger partial charge is 0.336 e. The number of hydrogen-bond acceptors (Lipinski definition) is 4. The van der Waals surface area contributed by atoms with Crippen molar-refractivity contribution in [2.75, 3.05) is 20.7 Å². The Morgan fingerprint density at radius 1 is 1.45 bits per heavy atom. The van der Waals surface area contributed by atoms with Crippen LogP contribution in [-0.4, -0.2) is 53.4 Å². The molecule has 0 saturated heterocycles. The van der Waals surface area contributed by atoms with Crippen LogP contribution >= 0.6 is 0 Å². The Kier molecular flexibility index (Phi) is 5.53. The number of carbonyl (C=O) groups is 1. The number of carboxylic acids is 1. The van der Waals surface area contributed by atoms with Gasteiger partial charge in [0.15, 0.2) is 5.60 Å². The number of ether oxygens (including phenoxy) is 1. The van der Waals surface area contributed by atoms with E-state index in [0.29, 0.717) is 0 Å². The molecule has 2 N–H and O–H groups in total. The summed E-state index contributed by atoms with van der Waals surface area (Å²) in [7, 11) is 3.43. The molecule has 0 aliphatic heterocycles. The van der Waals surface area contributed by atoms with Gasteiger partial charge in [-0.25, -0.2) is 4.79 Å². The highest BCUT2D eigenvalue weighted by Gasteiger charge is 2.32. The van der Waals surface area contributed by atoms with Crippen LogP contribution in [-0.2, 0) is 11.2 Å². The van der Waals surface area contributed by atoms with Crippen molar-refractivity contribution in [1.82, 2.24) is 4.90 Å². The Bertz CT molecular complexity index is 459. The standard InChI is InChI=1S/C15H23NO4/c1-11(16(3)10-15(2,19)14(17)18)9-12-7-5-6-8-13(12)20-4/h5-8,11,19H,9-10H2,1-4H3,(H,17,18). The molecule has 1 rings (SSSR count). The number of benzene rings is 1. The minimum absolute atomic E-state index is 0.0681. The highest BCUT2D eigenvalue weighted by Crippen LogP contribution is 2.20. The van der Waals surface area contributed by atoms with Gasteiger partial charge in [-0.05, 0) is 38.9 Å². The van der Waals surface area contributed by atoms with Gasteiger partial charge in [-0.3, -0.25) is 4.90 Å². The van der Waals surface area contributed by atoms with E-state index in [1.165, 1.54) is 6.92 Å². The third kappa shape index (κ3) is 4.21. The van der Waals surface area contributed by atoms with E-state index in [4.69, 9.17) is 9.84 Å². The molecule has 0 fully saturated rings. The number of rotatable bonds is 7. The van der Waals surface area contributed by atoms with Crippen molar-refractivity contribution in [2.24, 2.45) is 0 Å². The van der Waals surface area contributed by atoms with Gasteiger partial charge in [-0.15, -0.1) is 0 Å². The zero-order valence-corrected chi connectivity index (χ0v) is 12.5. The highest BCUT2D eigenvalue weighted by atomic mass is 16.5. The molecular weight excluding hydrogens is 258 g/mol. The normalized spacial score (nSPS) is 15.7. The second-order valence-electron chi connectivity index (χ2n) is 5.36. The second-order valence-corrected chi connectivity index (χ2v) is 5.36. The molecule has 0 saturated carbocycles. The van der Waals surface area contributed by atoms with E-state index in [1.807, 2.05) is 36.1 Å². The summed E-state index contributed by atoms with van der Waals surface area (Å²) in [6.07, 6.45) is 0.718. The maximum atomic E-state index is 10.9. The first-order valence-corrected chi connectivity index (χ1v) is 6.56. The first-order chi connectivity index (χ1) is 9.27. The summed E-state index contributed by atoms with van der Waals surface area (Å²) in [5.41, 5.74) is -0.687. The first kappa shape index (κ1) is 16.5. The Hall–Kier alpha value is -1.59. The van der Waals surface area contributed by atoms with Gasteiger partial charge in [0, 0.05) is 12.6 Å². The van der Waals surface area contributed by atoms with E-state index in [2.05, 4.69) is 0 Å². The van der Waals surface area contributed by atoms with Crippen molar-refractivity contribution in [3.8, 4) is 5.75 Å². The number of hydrogen-bond donors (Lipinski definition) is 2. The zero-order valence-electron chi connectivity index (χ0n) is 12.5. The molecule has 0 aliphatic rings. The van der Waals surface area contributed by atoms with E-state index >= 15 is 0 Å². The van der Waals surface area contributed by atoms with Crippen LogP contribution in [0.1, 0.15) is 19.4 Å². The molecule has 5 nitrogen and oxygen atoms in total. The molecule has 0 amide bonds. The summed E-state index contributed by atoms with van der Waals surface area (Å²) >= 11 is 0. The summed E-state index contributed by atoms with van der Waals surface area (Å²) in [6.45, 7) is 3.37. The fourth-order valence-corrected chi connectivity index (χ4v) is 2.05. The van der Waals surface area contributed by atoms with Gasteiger partial charge in [-0.1, -0.05) is 18.2 Å². The minimum atomic E-state index is -1.75. The van der Waals surface area contributed by atoms with E-state index < -0.39 is 11.6 Å². The summed E-state index contributed by atoms with van der Waals surface area (Å²) in [5.74, 6) is -0.397. The first-order valence-electron chi connectivity index (χ1n) is 6.56. The number of nitrogens with zero attached hydrogens (tertiary/aromatic N) is 1. The lowest BCUT2D eigenvalue weighted by Crippen LogP contribution is -2.48. The molecule has 2 unspecified atom stereocenters. The average molecular weight is 281 g/mol. The largest absolute Gasteiger partial charge is 0.496 e. The second kappa shape index (κ2) is 6.72. The SMILES string of the molecule is COc1ccccc1CC(C)N(C)CC(C)(O)C(=O)O. The Labute approximate surface area is 119 Å². The molecule has 20 heavy (non-hydrogen) atoms. The third-order valence-corrected chi connectivity index (χ3v) is 3.48. The van der Waals surface area contributed by atoms with Crippen molar-refractivity contribution in [3.05, 3.63) is 29.8 Å². The predicted molar refractivity (Wildman–Crippen MR) is 77.0 cm³/mol. The highest BCUT2D eigenvalue weighted by molar-refractivity contribution is 5.76. The topological polar surface area (TPSA) is 70.0 Å². The van der Waals surface area contributed by atoms with Gasteiger partial charge >= 0.3 is 5.97 Å². The maximum Gasteiger partial charge on any atom is 0.336 e. The Morgan fingerprint density at radius 2 is 2.05 bits per heavy atom. The van der Waals surface area contributed by atoms with Crippen LogP contribution in [0.15, 0.2) is 24.3 Å². The zero-order chi connectivity index (χ0) is 15.3. The van der Waals surface area contributed by atoms with Crippen LogP contribution in [0.25, 0.3) is 0 Å². The molecule has 0 aromatic heterocycles. The molecule has 2 atom stereocenters. The predicted octanol–water partition coefficient (Wildman–Crippen LogP) is 1.39. The summed E-state index contributed by atoms with van der Waals surface area (Å²) in [5, 5.41) is 18.8. The van der Waals surface area contributed by atoms with E-state index in [-0.39, 0.29) is 12.6 Å². The molecule has 1 aromatic rings. The van der Waals surface area contributed by atoms with Gasteiger partial charge in [0.2, 0.25) is 0 Å². The molecular formula is C15H23NO4. The maximum absolute atomic E-state index is 10.9. The van der Waals surface area contributed by atoms with Gasteiger partial charge in [-0.2, -0.15) is 0 Å². The molecule has 0 radical (unpaired) electrons. The summed E-state index contributed by atoms with van der Waals surface area (Å²) < 4.78 is 5.30. The lowest BCUT2D eigenvalue weighted by molar-refractivity contribution is -0.158. The molecule has 0 bridgehead atoms. The number of carboxylic acid groups (broad SMARTS) is 1. The van der Waals surface area contributed by atoms with E-state index in [9.17, 15) is 9.90 Å². The molecule has 1 aromatic carbocycles. The number of aliphatic carboxylic acids is 1. The summed E-state index contributed by atoms with van der Waals surface area (Å²) in [6, 6.07) is 7.81. The number of aliphatic hydroxyl groups is 1. The van der Waals surface area contributed by atoms with Crippen LogP contribution in [0.3, 0.4) is 0 Å². The van der Waals surface area contributed by atoms with E-state index in [0.717, 1.165) is 17.7 Å². The van der Waals surface area contributed by atoms with Crippen LogP contribution < -0.4 is 4.74 Å². The number of para-hydroxylation sites is 1. The van der Waals surface area contributed by atoms with Gasteiger partial charge in [0.1, 0.15) is 5.75 Å². The lowest BCUT2D eigenvalue weighted by Gasteiger charge is -2.30. The van der Waals surface area contributed by atoms with Crippen LogP contribution in [0, 0.1) is 0 Å². The fourth-order valence-electron chi connectivity index (χ4n) is 2.05. The van der Waals surface area contributed by atoms with Gasteiger partial charge in [0.05, 0.1) is 7.11 Å². The number of methoxy groups -OCH3 is 1. The van der Waals surface area contributed by atoms with Crippen LogP contribution in [0.4, 0.5) is 0 Å². The molecule has 0 heterocycles. The molecule has 0 spiro atoms. The Balaban J connectivity index is 2.71. The van der Waals surface area contributed by atoms with Gasteiger partial charge in [0.25, 0.3) is 0 Å². The monoisotopic (exact) mass is 281 g/mol.